The number of nitrogens with one attached hydrogen (secondary N) is 1. The molecule has 1 aliphatic carbocycles. The van der Waals surface area contributed by atoms with Crippen LogP contribution in [0.4, 0.5) is 4.79 Å². The molecule has 7 nitrogen and oxygen atoms in total. The summed E-state index contributed by atoms with van der Waals surface area (Å²) in [5.74, 6) is -1.19. The van der Waals surface area contributed by atoms with E-state index < -0.39 is 23.5 Å². The van der Waals surface area contributed by atoms with Crippen LogP contribution in [0.25, 0.3) is 11.1 Å². The zero-order valence-electron chi connectivity index (χ0n) is 18.3. The first-order valence-corrected chi connectivity index (χ1v) is 10.9. The molecule has 0 spiro atoms. The van der Waals surface area contributed by atoms with Gasteiger partial charge in [-0.25, -0.2) is 9.59 Å². The fourth-order valence-corrected chi connectivity index (χ4v) is 4.51. The van der Waals surface area contributed by atoms with E-state index in [-0.39, 0.29) is 25.0 Å². The maximum atomic E-state index is 12.7. The maximum Gasteiger partial charge on any atom is 0.407 e. The zero-order valence-corrected chi connectivity index (χ0v) is 18.3. The molecule has 4 rings (SSSR count). The predicted molar refractivity (Wildman–Crippen MR) is 119 cm³/mol. The summed E-state index contributed by atoms with van der Waals surface area (Å²) in [4.78, 5) is 37.6. The Morgan fingerprint density at radius 3 is 2.19 bits per heavy atom. The average molecular weight is 437 g/mol. The van der Waals surface area contributed by atoms with Crippen molar-refractivity contribution in [2.24, 2.45) is 5.41 Å². The minimum atomic E-state index is -0.975. The summed E-state index contributed by atoms with van der Waals surface area (Å²) in [5.41, 5.74) is 3.86. The molecule has 7 heteroatoms. The van der Waals surface area contributed by atoms with Gasteiger partial charge in [-0.15, -0.1) is 0 Å². The van der Waals surface area contributed by atoms with Crippen molar-refractivity contribution >= 4 is 18.0 Å². The molecule has 1 saturated heterocycles. The summed E-state index contributed by atoms with van der Waals surface area (Å²) in [5, 5.41) is 11.9. The molecule has 2 aromatic rings. The topological polar surface area (TPSA) is 95.9 Å². The third-order valence-corrected chi connectivity index (χ3v) is 6.51. The number of carboxylic acids is 1. The summed E-state index contributed by atoms with van der Waals surface area (Å²) in [7, 11) is 0. The fourth-order valence-electron chi connectivity index (χ4n) is 4.51. The van der Waals surface area contributed by atoms with Gasteiger partial charge in [0.1, 0.15) is 12.6 Å². The molecule has 0 saturated carbocycles. The van der Waals surface area contributed by atoms with Crippen molar-refractivity contribution in [3.05, 3.63) is 59.7 Å². The van der Waals surface area contributed by atoms with E-state index >= 15 is 0 Å². The van der Waals surface area contributed by atoms with Crippen LogP contribution in [-0.4, -0.2) is 53.7 Å². The molecule has 1 aliphatic heterocycles. The third kappa shape index (κ3) is 4.07. The van der Waals surface area contributed by atoms with Crippen LogP contribution in [0.1, 0.15) is 43.7 Å². The highest BCUT2D eigenvalue weighted by atomic mass is 16.5. The summed E-state index contributed by atoms with van der Waals surface area (Å²) in [6.45, 7) is 4.49. The number of nitrogens with zero attached hydrogens (tertiary/aromatic N) is 1. The van der Waals surface area contributed by atoms with Crippen molar-refractivity contribution in [1.82, 2.24) is 10.2 Å². The first-order valence-electron chi connectivity index (χ1n) is 10.9. The summed E-state index contributed by atoms with van der Waals surface area (Å²) < 4.78 is 5.52. The van der Waals surface area contributed by atoms with Crippen LogP contribution in [0, 0.1) is 5.41 Å². The second kappa shape index (κ2) is 8.65. The molecule has 0 radical (unpaired) electrons. The Hall–Kier alpha value is -3.35. The maximum absolute atomic E-state index is 12.7. The number of rotatable bonds is 7. The van der Waals surface area contributed by atoms with Gasteiger partial charge in [-0.2, -0.15) is 0 Å². The van der Waals surface area contributed by atoms with E-state index in [1.165, 1.54) is 16.0 Å². The Bertz CT molecular complexity index is 1000. The Morgan fingerprint density at radius 2 is 1.66 bits per heavy atom. The molecule has 2 N–H and O–H groups in total. The molecule has 168 valence electrons. The van der Waals surface area contributed by atoms with Gasteiger partial charge in [0.15, 0.2) is 0 Å². The van der Waals surface area contributed by atoms with Gasteiger partial charge in [-0.1, -0.05) is 62.4 Å². The highest BCUT2D eigenvalue weighted by molar-refractivity contribution is 5.88. The number of aliphatic carboxylic acids is 1. The predicted octanol–water partition coefficient (Wildman–Crippen LogP) is 3.63. The highest BCUT2D eigenvalue weighted by Gasteiger charge is 2.43. The number of ether oxygens (including phenoxy) is 1. The Balaban J connectivity index is 1.29. The molecule has 0 bridgehead atoms. The van der Waals surface area contributed by atoms with E-state index in [4.69, 9.17) is 4.74 Å². The van der Waals surface area contributed by atoms with E-state index in [1.54, 1.807) is 13.8 Å². The summed E-state index contributed by atoms with van der Waals surface area (Å²) >= 11 is 0. The van der Waals surface area contributed by atoms with Crippen molar-refractivity contribution in [3.63, 3.8) is 0 Å². The minimum Gasteiger partial charge on any atom is -0.480 e. The normalized spacial score (nSPS) is 17.2. The van der Waals surface area contributed by atoms with Gasteiger partial charge < -0.3 is 20.1 Å². The number of amides is 2. The van der Waals surface area contributed by atoms with Gasteiger partial charge in [-0.05, 0) is 35.1 Å². The molecular weight excluding hydrogens is 408 g/mol. The lowest BCUT2D eigenvalue weighted by Crippen LogP contribution is -2.58. The minimum absolute atomic E-state index is 0.00876. The van der Waals surface area contributed by atoms with E-state index in [2.05, 4.69) is 29.6 Å². The molecule has 0 aromatic heterocycles. The van der Waals surface area contributed by atoms with E-state index in [9.17, 15) is 19.5 Å². The van der Waals surface area contributed by atoms with Gasteiger partial charge in [0.05, 0.1) is 0 Å². The first kappa shape index (κ1) is 21.9. The van der Waals surface area contributed by atoms with Gasteiger partial charge in [0.2, 0.25) is 5.91 Å². The van der Waals surface area contributed by atoms with Gasteiger partial charge >= 0.3 is 12.1 Å². The largest absolute Gasteiger partial charge is 0.480 e. The fraction of sp³-hybridized carbons (Fsp3) is 0.400. The number of alkyl carbamates (subject to hydrolysis) is 1. The molecule has 1 heterocycles. The van der Waals surface area contributed by atoms with Crippen molar-refractivity contribution in [2.75, 3.05) is 19.7 Å². The average Bonchev–Trinajstić information content (AvgIpc) is 3.05. The summed E-state index contributed by atoms with van der Waals surface area (Å²) in [6, 6.07) is 15.6. The van der Waals surface area contributed by atoms with Gasteiger partial charge in [0.25, 0.3) is 0 Å². The number of benzene rings is 2. The molecule has 2 amide bonds. The molecule has 32 heavy (non-hydrogen) atoms. The van der Waals surface area contributed by atoms with E-state index in [0.29, 0.717) is 19.4 Å². The van der Waals surface area contributed by atoms with Gasteiger partial charge in [0, 0.05) is 24.4 Å². The molecule has 1 fully saturated rings. The van der Waals surface area contributed by atoms with Crippen molar-refractivity contribution in [3.8, 4) is 11.1 Å². The monoisotopic (exact) mass is 436 g/mol. The smallest absolute Gasteiger partial charge is 0.407 e. The van der Waals surface area contributed by atoms with Crippen molar-refractivity contribution in [1.29, 1.82) is 0 Å². The van der Waals surface area contributed by atoms with Crippen molar-refractivity contribution in [2.45, 2.75) is 38.6 Å². The zero-order chi connectivity index (χ0) is 22.9. The molecule has 1 atom stereocenters. The number of carbonyl (C=O) groups excluding carboxylic acids is 2. The van der Waals surface area contributed by atoms with Crippen LogP contribution in [0.5, 0.6) is 0 Å². The third-order valence-electron chi connectivity index (χ3n) is 6.51. The van der Waals surface area contributed by atoms with Crippen LogP contribution in [0.3, 0.4) is 0 Å². The molecular formula is C25H28N2O5. The lowest BCUT2D eigenvalue weighted by molar-refractivity contribution is -0.162. The number of hydrogen-bond acceptors (Lipinski definition) is 4. The lowest BCUT2D eigenvalue weighted by Gasteiger charge is -2.42. The lowest BCUT2D eigenvalue weighted by atomic mass is 9.85. The van der Waals surface area contributed by atoms with Crippen LogP contribution in [0.2, 0.25) is 0 Å². The Kier molecular flexibility index (Phi) is 5.91. The number of fused-ring (bicyclic) bond motifs is 3. The second-order valence-corrected chi connectivity index (χ2v) is 9.03. The Labute approximate surface area is 187 Å². The van der Waals surface area contributed by atoms with Crippen LogP contribution >= 0.6 is 0 Å². The highest BCUT2D eigenvalue weighted by Crippen LogP contribution is 2.44. The number of carbonyl (C=O) groups is 3. The molecule has 2 aliphatic rings. The van der Waals surface area contributed by atoms with Gasteiger partial charge in [-0.3, -0.25) is 4.79 Å². The number of likely N-dealkylation sites (tertiary alicyclic amines) is 1. The standard InChI is InChI=1S/C25H28N2O5/c1-25(2,23(30)27-14-11-21(27)22(28)29)12-13-26-24(31)32-15-20-18-9-5-3-7-16(18)17-8-4-6-10-19(17)20/h3-10,20-21H,11-15H2,1-2H3,(H,26,31)(H,28,29). The van der Waals surface area contributed by atoms with Crippen molar-refractivity contribution < 1.29 is 24.2 Å². The first-order chi connectivity index (χ1) is 15.3. The van der Waals surface area contributed by atoms with E-state index in [0.717, 1.165) is 11.1 Å². The number of hydrogen-bond donors (Lipinski definition) is 2. The van der Waals surface area contributed by atoms with Crippen LogP contribution in [0.15, 0.2) is 48.5 Å². The quantitative estimate of drug-likeness (QED) is 0.691. The van der Waals surface area contributed by atoms with Crippen LogP contribution in [-0.2, 0) is 14.3 Å². The second-order valence-electron chi connectivity index (χ2n) is 9.03. The number of carboxylic acid groups (broad SMARTS) is 1. The summed E-state index contributed by atoms with van der Waals surface area (Å²) in [6.07, 6.45) is 0.344. The Morgan fingerprint density at radius 1 is 1.06 bits per heavy atom. The molecule has 1 unspecified atom stereocenters. The van der Waals surface area contributed by atoms with Crippen LogP contribution < -0.4 is 5.32 Å². The molecule has 2 aromatic carbocycles. The van der Waals surface area contributed by atoms with E-state index in [1.807, 2.05) is 24.3 Å². The SMILES string of the molecule is CC(C)(CCNC(=O)OCC1c2ccccc2-c2ccccc21)C(=O)N1CCC1C(=O)O.